The van der Waals surface area contributed by atoms with Gasteiger partial charge in [-0.1, -0.05) is 0 Å². The summed E-state index contributed by atoms with van der Waals surface area (Å²) < 4.78 is 0. The lowest BCUT2D eigenvalue weighted by atomic mass is 9.83. The van der Waals surface area contributed by atoms with Crippen LogP contribution in [0.4, 0.5) is 0 Å². The number of hydrazone groups is 1. The molecule has 2 heterocycles. The van der Waals surface area contributed by atoms with E-state index >= 15 is 0 Å². The highest BCUT2D eigenvalue weighted by atomic mass is 15.3. The van der Waals surface area contributed by atoms with E-state index in [0.29, 0.717) is 0 Å². The Labute approximate surface area is 77.4 Å². The summed E-state index contributed by atoms with van der Waals surface area (Å²) in [7, 11) is 0. The highest BCUT2D eigenvalue weighted by molar-refractivity contribution is 5.94. The summed E-state index contributed by atoms with van der Waals surface area (Å²) in [5.74, 6) is 0. The van der Waals surface area contributed by atoms with Gasteiger partial charge in [0.1, 0.15) is 0 Å². The van der Waals surface area contributed by atoms with Gasteiger partial charge in [0.2, 0.25) is 0 Å². The quantitative estimate of drug-likeness (QED) is 0.710. The molecule has 1 aromatic rings. The van der Waals surface area contributed by atoms with E-state index in [1.807, 2.05) is 6.07 Å². The van der Waals surface area contributed by atoms with Crippen LogP contribution in [-0.2, 0) is 5.41 Å². The van der Waals surface area contributed by atoms with E-state index in [4.69, 9.17) is 0 Å². The van der Waals surface area contributed by atoms with E-state index in [9.17, 15) is 0 Å². The predicted octanol–water partition coefficient (Wildman–Crippen LogP) is 1.04. The Morgan fingerprint density at radius 1 is 1.46 bits per heavy atom. The molecule has 0 aromatic carbocycles. The summed E-state index contributed by atoms with van der Waals surface area (Å²) in [5.41, 5.74) is 5.28. The van der Waals surface area contributed by atoms with Gasteiger partial charge in [-0.25, -0.2) is 0 Å². The van der Waals surface area contributed by atoms with Crippen molar-refractivity contribution in [2.24, 2.45) is 5.10 Å². The molecule has 1 aromatic heterocycles. The lowest BCUT2D eigenvalue weighted by Gasteiger charge is -2.22. The average Bonchev–Trinajstić information content (AvgIpc) is 2.78. The van der Waals surface area contributed by atoms with Crippen LogP contribution in [0.2, 0.25) is 0 Å². The first-order chi connectivity index (χ1) is 6.21. The lowest BCUT2D eigenvalue weighted by molar-refractivity contribution is 0.674. The normalized spacial score (nSPS) is 16.9. The van der Waals surface area contributed by atoms with Crippen LogP contribution < -0.4 is 5.43 Å². The third kappa shape index (κ3) is 1.32. The first kappa shape index (κ1) is 8.29. The maximum Gasteiger partial charge on any atom is 0.0511 e. The number of nitrogens with one attached hydrogen (secondary N) is 2. The van der Waals surface area contributed by atoms with Crippen molar-refractivity contribution in [1.29, 1.82) is 0 Å². The maximum atomic E-state index is 4.28. The number of aromatic amines is 1. The molecule has 0 bridgehead atoms. The summed E-state index contributed by atoms with van der Waals surface area (Å²) in [4.78, 5) is 0. The summed E-state index contributed by atoms with van der Waals surface area (Å²) in [6.07, 6.45) is 2.80. The van der Waals surface area contributed by atoms with Gasteiger partial charge in [0.25, 0.3) is 0 Å². The first-order valence-corrected chi connectivity index (χ1v) is 4.51. The van der Waals surface area contributed by atoms with Crippen LogP contribution >= 0.6 is 0 Å². The molecule has 0 saturated carbocycles. The zero-order valence-corrected chi connectivity index (χ0v) is 7.96. The van der Waals surface area contributed by atoms with Gasteiger partial charge in [-0.15, -0.1) is 0 Å². The molecule has 0 atom stereocenters. The molecule has 4 heteroatoms. The van der Waals surface area contributed by atoms with Crippen LogP contribution in [0.15, 0.2) is 17.4 Å². The van der Waals surface area contributed by atoms with Crippen LogP contribution in [0.1, 0.15) is 26.0 Å². The van der Waals surface area contributed by atoms with Crippen LogP contribution in [-0.4, -0.2) is 22.5 Å². The fraction of sp³-hybridized carbons (Fsp3) is 0.556. The second-order valence-corrected chi connectivity index (χ2v) is 3.81. The van der Waals surface area contributed by atoms with Gasteiger partial charge in [0.15, 0.2) is 0 Å². The molecule has 1 aliphatic rings. The monoisotopic (exact) mass is 178 g/mol. The van der Waals surface area contributed by atoms with E-state index in [-0.39, 0.29) is 5.41 Å². The van der Waals surface area contributed by atoms with Crippen molar-refractivity contribution in [3.8, 4) is 0 Å². The third-order valence-corrected chi connectivity index (χ3v) is 2.58. The van der Waals surface area contributed by atoms with Gasteiger partial charge in [-0.3, -0.25) is 5.10 Å². The molecule has 0 unspecified atom stereocenters. The summed E-state index contributed by atoms with van der Waals surface area (Å²) >= 11 is 0. The molecule has 0 fully saturated rings. The minimum absolute atomic E-state index is 0.0278. The first-order valence-electron chi connectivity index (χ1n) is 4.51. The van der Waals surface area contributed by atoms with Gasteiger partial charge < -0.3 is 5.43 Å². The van der Waals surface area contributed by atoms with Crippen molar-refractivity contribution in [2.75, 3.05) is 6.54 Å². The Bertz CT molecular complexity index is 310. The van der Waals surface area contributed by atoms with E-state index in [1.165, 1.54) is 5.71 Å². The van der Waals surface area contributed by atoms with Gasteiger partial charge in [-0.2, -0.15) is 10.2 Å². The van der Waals surface area contributed by atoms with Gasteiger partial charge in [0, 0.05) is 30.3 Å². The molecule has 0 saturated heterocycles. The Hall–Kier alpha value is -1.32. The molecule has 1 aliphatic heterocycles. The number of rotatable bonds is 2. The fourth-order valence-corrected chi connectivity index (χ4v) is 1.59. The van der Waals surface area contributed by atoms with Crippen molar-refractivity contribution in [1.82, 2.24) is 15.6 Å². The molecular formula is C9H14N4. The third-order valence-electron chi connectivity index (χ3n) is 2.58. The molecule has 0 aliphatic carbocycles. The minimum atomic E-state index is -0.0278. The summed E-state index contributed by atoms with van der Waals surface area (Å²) in [6.45, 7) is 5.27. The molecule has 4 nitrogen and oxygen atoms in total. The number of aromatic nitrogens is 2. The molecule has 70 valence electrons. The van der Waals surface area contributed by atoms with Crippen molar-refractivity contribution in [2.45, 2.75) is 25.7 Å². The summed E-state index contributed by atoms with van der Waals surface area (Å²) in [6, 6.07) is 2.00. The van der Waals surface area contributed by atoms with Gasteiger partial charge in [0.05, 0.1) is 5.71 Å². The number of H-pyrrole nitrogens is 1. The molecule has 0 spiro atoms. The predicted molar refractivity (Wildman–Crippen MR) is 51.7 cm³/mol. The maximum absolute atomic E-state index is 4.28. The zero-order chi connectivity index (χ0) is 9.31. The standard InChI is InChI=1S/C9H14N4/c1-9(2,7-3-5-10-12-7)8-4-6-11-13-8/h3,5,11H,4,6H2,1-2H3,(H,10,12). The van der Waals surface area contributed by atoms with Crippen LogP contribution in [0.3, 0.4) is 0 Å². The fourth-order valence-electron chi connectivity index (χ4n) is 1.59. The molecular weight excluding hydrogens is 164 g/mol. The second-order valence-electron chi connectivity index (χ2n) is 3.81. The highest BCUT2D eigenvalue weighted by Gasteiger charge is 2.30. The number of nitrogens with zero attached hydrogens (tertiary/aromatic N) is 2. The van der Waals surface area contributed by atoms with Crippen LogP contribution in [0.25, 0.3) is 0 Å². The van der Waals surface area contributed by atoms with Crippen molar-refractivity contribution >= 4 is 5.71 Å². The number of hydrogen-bond donors (Lipinski definition) is 2. The molecule has 13 heavy (non-hydrogen) atoms. The van der Waals surface area contributed by atoms with Crippen molar-refractivity contribution in [3.05, 3.63) is 18.0 Å². The Morgan fingerprint density at radius 3 is 2.85 bits per heavy atom. The Balaban J connectivity index is 2.30. The van der Waals surface area contributed by atoms with Crippen molar-refractivity contribution < 1.29 is 0 Å². The SMILES string of the molecule is CC(C)(C1=NNCC1)c1ccn[nH]1. The zero-order valence-electron chi connectivity index (χ0n) is 7.96. The van der Waals surface area contributed by atoms with E-state index in [0.717, 1.165) is 18.7 Å². The number of hydrogen-bond acceptors (Lipinski definition) is 3. The van der Waals surface area contributed by atoms with Gasteiger partial charge in [-0.05, 0) is 19.9 Å². The Morgan fingerprint density at radius 2 is 2.31 bits per heavy atom. The largest absolute Gasteiger partial charge is 0.310 e. The molecule has 2 N–H and O–H groups in total. The van der Waals surface area contributed by atoms with E-state index < -0.39 is 0 Å². The smallest absolute Gasteiger partial charge is 0.0511 e. The van der Waals surface area contributed by atoms with E-state index in [1.54, 1.807) is 6.20 Å². The summed E-state index contributed by atoms with van der Waals surface area (Å²) in [5, 5.41) is 11.2. The van der Waals surface area contributed by atoms with Crippen LogP contribution in [0, 0.1) is 0 Å². The molecule has 2 rings (SSSR count). The minimum Gasteiger partial charge on any atom is -0.310 e. The molecule has 0 amide bonds. The van der Waals surface area contributed by atoms with Crippen molar-refractivity contribution in [3.63, 3.8) is 0 Å². The highest BCUT2D eigenvalue weighted by Crippen LogP contribution is 2.25. The topological polar surface area (TPSA) is 53.1 Å². The second kappa shape index (κ2) is 2.87. The lowest BCUT2D eigenvalue weighted by Crippen LogP contribution is -2.28. The van der Waals surface area contributed by atoms with E-state index in [2.05, 4.69) is 34.6 Å². The van der Waals surface area contributed by atoms with Gasteiger partial charge >= 0.3 is 0 Å². The average molecular weight is 178 g/mol. The Kier molecular flexibility index (Phi) is 1.83. The van der Waals surface area contributed by atoms with Crippen LogP contribution in [0.5, 0.6) is 0 Å². The molecule has 0 radical (unpaired) electrons.